The second kappa shape index (κ2) is 8.45. The van der Waals surface area contributed by atoms with E-state index in [2.05, 4.69) is 27.4 Å². The monoisotopic (exact) mass is 361 g/mol. The number of ether oxygens (including phenoxy) is 1. The van der Waals surface area contributed by atoms with E-state index < -0.39 is 17.0 Å². The predicted molar refractivity (Wildman–Crippen MR) is 98.4 cm³/mol. The standard InChI is InChI=1S/C20H27NO5/c1-12(2)17-9-8-13(3)10-18(17)26-20(23)14(4)19(22)15-6-5-7-16(11-15)21(24)25/h5-7,11-13,17-19,22H,4,8-10H2,1-3H3. The van der Waals surface area contributed by atoms with Crippen LogP contribution in [0.1, 0.15) is 51.7 Å². The molecule has 1 fully saturated rings. The van der Waals surface area contributed by atoms with E-state index in [4.69, 9.17) is 4.74 Å². The first kappa shape index (κ1) is 20.1. The van der Waals surface area contributed by atoms with Gasteiger partial charge in [-0.05, 0) is 36.2 Å². The molecule has 6 nitrogen and oxygen atoms in total. The van der Waals surface area contributed by atoms with Crippen LogP contribution >= 0.6 is 0 Å². The molecule has 0 saturated heterocycles. The van der Waals surface area contributed by atoms with E-state index in [0.717, 1.165) is 19.3 Å². The van der Waals surface area contributed by atoms with Crippen LogP contribution in [0, 0.1) is 27.9 Å². The molecule has 142 valence electrons. The van der Waals surface area contributed by atoms with Crippen LogP contribution in [0.15, 0.2) is 36.4 Å². The topological polar surface area (TPSA) is 89.7 Å². The van der Waals surface area contributed by atoms with Gasteiger partial charge < -0.3 is 9.84 Å². The molecule has 1 aliphatic rings. The van der Waals surface area contributed by atoms with E-state index in [1.54, 1.807) is 0 Å². The number of nitro benzene ring substituents is 1. The highest BCUT2D eigenvalue weighted by molar-refractivity contribution is 5.89. The van der Waals surface area contributed by atoms with Gasteiger partial charge in [-0.25, -0.2) is 4.79 Å². The van der Waals surface area contributed by atoms with Crippen molar-refractivity contribution in [2.75, 3.05) is 0 Å². The molecule has 0 spiro atoms. The van der Waals surface area contributed by atoms with Gasteiger partial charge in [0.05, 0.1) is 10.5 Å². The van der Waals surface area contributed by atoms with Gasteiger partial charge in [0.1, 0.15) is 12.2 Å². The van der Waals surface area contributed by atoms with Crippen LogP contribution in [0.4, 0.5) is 5.69 Å². The van der Waals surface area contributed by atoms with Gasteiger partial charge >= 0.3 is 5.97 Å². The Morgan fingerprint density at radius 2 is 2.08 bits per heavy atom. The first-order valence-electron chi connectivity index (χ1n) is 9.02. The summed E-state index contributed by atoms with van der Waals surface area (Å²) in [4.78, 5) is 22.8. The fourth-order valence-electron chi connectivity index (χ4n) is 3.58. The summed E-state index contributed by atoms with van der Waals surface area (Å²) in [6.45, 7) is 10.0. The van der Waals surface area contributed by atoms with Crippen LogP contribution in [0.5, 0.6) is 0 Å². The molecular formula is C20H27NO5. The fraction of sp³-hybridized carbons (Fsp3) is 0.550. The largest absolute Gasteiger partial charge is 0.459 e. The zero-order valence-electron chi connectivity index (χ0n) is 15.6. The number of carbonyl (C=O) groups is 1. The molecule has 1 N–H and O–H groups in total. The van der Waals surface area contributed by atoms with Crippen molar-refractivity contribution in [2.24, 2.45) is 17.8 Å². The smallest absolute Gasteiger partial charge is 0.336 e. The second-order valence-corrected chi connectivity index (χ2v) is 7.55. The SMILES string of the molecule is C=C(C(=O)OC1CC(C)CCC1C(C)C)C(O)c1cccc([N+](=O)[O-])c1. The third-order valence-electron chi connectivity index (χ3n) is 5.21. The number of esters is 1. The number of hydrogen-bond acceptors (Lipinski definition) is 5. The summed E-state index contributed by atoms with van der Waals surface area (Å²) < 4.78 is 5.69. The summed E-state index contributed by atoms with van der Waals surface area (Å²) in [7, 11) is 0. The molecule has 0 heterocycles. The number of nitrogens with zero attached hydrogens (tertiary/aromatic N) is 1. The number of nitro groups is 1. The molecule has 1 saturated carbocycles. The molecule has 2 rings (SSSR count). The molecule has 0 aliphatic heterocycles. The third-order valence-corrected chi connectivity index (χ3v) is 5.21. The van der Waals surface area contributed by atoms with Crippen molar-refractivity contribution in [3.8, 4) is 0 Å². The maximum atomic E-state index is 12.5. The van der Waals surface area contributed by atoms with Crippen molar-refractivity contribution in [1.29, 1.82) is 0 Å². The van der Waals surface area contributed by atoms with Gasteiger partial charge in [-0.1, -0.05) is 45.9 Å². The summed E-state index contributed by atoms with van der Waals surface area (Å²) in [5, 5.41) is 21.3. The molecule has 0 bridgehead atoms. The Morgan fingerprint density at radius 1 is 1.38 bits per heavy atom. The van der Waals surface area contributed by atoms with Crippen molar-refractivity contribution < 1.29 is 19.6 Å². The molecule has 4 atom stereocenters. The Morgan fingerprint density at radius 3 is 2.69 bits per heavy atom. The van der Waals surface area contributed by atoms with Gasteiger partial charge in [-0.15, -0.1) is 0 Å². The molecule has 1 aromatic rings. The van der Waals surface area contributed by atoms with Crippen molar-refractivity contribution in [1.82, 2.24) is 0 Å². The van der Waals surface area contributed by atoms with Gasteiger partial charge in [0, 0.05) is 12.1 Å². The molecule has 0 aromatic heterocycles. The first-order chi connectivity index (χ1) is 12.2. The maximum Gasteiger partial charge on any atom is 0.336 e. The highest BCUT2D eigenvalue weighted by Gasteiger charge is 2.34. The molecule has 4 unspecified atom stereocenters. The summed E-state index contributed by atoms with van der Waals surface area (Å²) in [6, 6.07) is 5.55. The summed E-state index contributed by atoms with van der Waals surface area (Å²) in [5.74, 6) is 0.527. The van der Waals surface area contributed by atoms with Crippen LogP contribution in [-0.2, 0) is 9.53 Å². The van der Waals surface area contributed by atoms with Crippen molar-refractivity contribution in [2.45, 2.75) is 52.2 Å². The van der Waals surface area contributed by atoms with E-state index in [9.17, 15) is 20.0 Å². The molecule has 0 amide bonds. The van der Waals surface area contributed by atoms with Gasteiger partial charge in [-0.2, -0.15) is 0 Å². The van der Waals surface area contributed by atoms with Gasteiger partial charge in [0.15, 0.2) is 0 Å². The predicted octanol–water partition coefficient (Wildman–Crippen LogP) is 4.19. The lowest BCUT2D eigenvalue weighted by Gasteiger charge is -2.37. The van der Waals surface area contributed by atoms with E-state index >= 15 is 0 Å². The summed E-state index contributed by atoms with van der Waals surface area (Å²) >= 11 is 0. The first-order valence-corrected chi connectivity index (χ1v) is 9.02. The molecule has 1 aromatic carbocycles. The lowest BCUT2D eigenvalue weighted by Crippen LogP contribution is -2.36. The zero-order chi connectivity index (χ0) is 19.4. The zero-order valence-corrected chi connectivity index (χ0v) is 15.6. The third kappa shape index (κ3) is 4.69. The number of aliphatic hydroxyl groups excluding tert-OH is 1. The average molecular weight is 361 g/mol. The molecule has 6 heteroatoms. The van der Waals surface area contributed by atoms with Crippen molar-refractivity contribution >= 4 is 11.7 Å². The average Bonchev–Trinajstić information content (AvgIpc) is 2.60. The summed E-state index contributed by atoms with van der Waals surface area (Å²) in [6.07, 6.45) is 1.40. The van der Waals surface area contributed by atoms with Crippen molar-refractivity contribution in [3.05, 3.63) is 52.1 Å². The number of hydrogen-bond donors (Lipinski definition) is 1. The van der Waals surface area contributed by atoms with Gasteiger partial charge in [0.25, 0.3) is 5.69 Å². The number of non-ortho nitro benzene ring substituents is 1. The van der Waals surface area contributed by atoms with Crippen LogP contribution in [-0.4, -0.2) is 22.1 Å². The lowest BCUT2D eigenvalue weighted by atomic mass is 9.75. The van der Waals surface area contributed by atoms with Crippen LogP contribution in [0.25, 0.3) is 0 Å². The molecule has 26 heavy (non-hydrogen) atoms. The van der Waals surface area contributed by atoms with E-state index in [-0.39, 0.29) is 28.8 Å². The number of benzene rings is 1. The van der Waals surface area contributed by atoms with Crippen LogP contribution < -0.4 is 0 Å². The Hall–Kier alpha value is -2.21. The number of rotatable bonds is 6. The van der Waals surface area contributed by atoms with Crippen LogP contribution in [0.3, 0.4) is 0 Å². The van der Waals surface area contributed by atoms with E-state index in [1.807, 2.05) is 0 Å². The Bertz CT molecular complexity index is 685. The minimum atomic E-state index is -1.33. The minimum absolute atomic E-state index is 0.105. The molecule has 1 aliphatic carbocycles. The Labute approximate surface area is 154 Å². The van der Waals surface area contributed by atoms with Crippen molar-refractivity contribution in [3.63, 3.8) is 0 Å². The Balaban J connectivity index is 2.09. The Kier molecular flexibility index (Phi) is 6.53. The molecule has 0 radical (unpaired) electrons. The van der Waals surface area contributed by atoms with E-state index in [1.165, 1.54) is 24.3 Å². The van der Waals surface area contributed by atoms with E-state index in [0.29, 0.717) is 11.8 Å². The highest BCUT2D eigenvalue weighted by atomic mass is 16.6. The number of carbonyl (C=O) groups excluding carboxylic acids is 1. The summed E-state index contributed by atoms with van der Waals surface area (Å²) in [5.41, 5.74) is -0.00602. The maximum absolute atomic E-state index is 12.5. The minimum Gasteiger partial charge on any atom is -0.459 e. The normalized spacial score (nSPS) is 24.1. The lowest BCUT2D eigenvalue weighted by molar-refractivity contribution is -0.385. The number of aliphatic hydroxyl groups is 1. The van der Waals surface area contributed by atoms with Gasteiger partial charge in [-0.3, -0.25) is 10.1 Å². The quantitative estimate of drug-likeness (QED) is 0.355. The second-order valence-electron chi connectivity index (χ2n) is 7.55. The van der Waals surface area contributed by atoms with Gasteiger partial charge in [0.2, 0.25) is 0 Å². The van der Waals surface area contributed by atoms with Crippen LogP contribution in [0.2, 0.25) is 0 Å². The fourth-order valence-corrected chi connectivity index (χ4v) is 3.58. The molecular weight excluding hydrogens is 334 g/mol. The highest BCUT2D eigenvalue weighted by Crippen LogP contribution is 2.36.